The molecule has 1 aromatic heterocycles. The van der Waals surface area contributed by atoms with Crippen molar-refractivity contribution in [1.82, 2.24) is 9.88 Å². The highest BCUT2D eigenvalue weighted by atomic mass is 19.1. The molecule has 1 saturated carbocycles. The number of fused-ring (bicyclic) bond motifs is 1. The van der Waals surface area contributed by atoms with Gasteiger partial charge >= 0.3 is 0 Å². The predicted molar refractivity (Wildman–Crippen MR) is 103 cm³/mol. The summed E-state index contributed by atoms with van der Waals surface area (Å²) in [6.07, 6.45) is 3.56. The SMILES string of the molecule is COc1c(N2CCNC(C)C2)c(F)cc2c(=O)c(C(C)=O)cn(C3CC3)c12. The van der Waals surface area contributed by atoms with E-state index in [1.807, 2.05) is 9.47 Å². The summed E-state index contributed by atoms with van der Waals surface area (Å²) in [5.74, 6) is -0.428. The molecule has 4 rings (SSSR count). The number of halogens is 1. The zero-order chi connectivity index (χ0) is 19.3. The van der Waals surface area contributed by atoms with Gasteiger partial charge in [-0.3, -0.25) is 9.59 Å². The fraction of sp³-hybridized carbons (Fsp3) is 0.500. The number of hydrogen-bond donors (Lipinski definition) is 1. The first kappa shape index (κ1) is 18.0. The number of nitrogens with one attached hydrogen (secondary N) is 1. The molecule has 2 aliphatic rings. The minimum atomic E-state index is -0.492. The van der Waals surface area contributed by atoms with E-state index in [1.54, 1.807) is 6.20 Å². The maximum Gasteiger partial charge on any atom is 0.200 e. The van der Waals surface area contributed by atoms with Gasteiger partial charge in [-0.1, -0.05) is 0 Å². The van der Waals surface area contributed by atoms with Gasteiger partial charge in [0.1, 0.15) is 5.69 Å². The highest BCUT2D eigenvalue weighted by Gasteiger charge is 2.31. The number of nitrogens with zero attached hydrogens (tertiary/aromatic N) is 2. The van der Waals surface area contributed by atoms with Crippen LogP contribution in [0.4, 0.5) is 10.1 Å². The second kappa shape index (κ2) is 6.64. The zero-order valence-corrected chi connectivity index (χ0v) is 15.8. The average Bonchev–Trinajstić information content (AvgIpc) is 3.46. The number of Topliss-reactive ketones (excluding diaryl/α,β-unsaturated/α-hetero) is 1. The minimum Gasteiger partial charge on any atom is -0.492 e. The molecule has 0 amide bonds. The monoisotopic (exact) mass is 373 g/mol. The molecule has 0 bridgehead atoms. The molecule has 1 aromatic carbocycles. The van der Waals surface area contributed by atoms with E-state index in [-0.39, 0.29) is 28.8 Å². The van der Waals surface area contributed by atoms with Gasteiger partial charge in [-0.25, -0.2) is 4.39 Å². The molecular formula is C20H24FN3O3. The number of hydrogen-bond acceptors (Lipinski definition) is 5. The molecule has 2 heterocycles. The van der Waals surface area contributed by atoms with Crippen molar-refractivity contribution >= 4 is 22.4 Å². The molecule has 27 heavy (non-hydrogen) atoms. The van der Waals surface area contributed by atoms with Crippen molar-refractivity contribution in [3.05, 3.63) is 33.9 Å². The number of benzene rings is 1. The topological polar surface area (TPSA) is 63.6 Å². The number of anilines is 1. The summed E-state index contributed by atoms with van der Waals surface area (Å²) in [5, 5.41) is 3.55. The van der Waals surface area contributed by atoms with Crippen LogP contribution in [-0.4, -0.2) is 43.1 Å². The van der Waals surface area contributed by atoms with Crippen LogP contribution in [0.15, 0.2) is 17.1 Å². The number of rotatable bonds is 4. The maximum absolute atomic E-state index is 15.2. The summed E-state index contributed by atoms with van der Waals surface area (Å²) in [4.78, 5) is 26.8. The van der Waals surface area contributed by atoms with Crippen molar-refractivity contribution in [2.45, 2.75) is 38.8 Å². The quantitative estimate of drug-likeness (QED) is 0.835. The van der Waals surface area contributed by atoms with Crippen LogP contribution in [0.2, 0.25) is 0 Å². The minimum absolute atomic E-state index is 0.0967. The Morgan fingerprint density at radius 2 is 2.11 bits per heavy atom. The highest BCUT2D eigenvalue weighted by Crippen LogP contribution is 2.43. The lowest BCUT2D eigenvalue weighted by Gasteiger charge is -2.35. The van der Waals surface area contributed by atoms with Gasteiger partial charge in [0.25, 0.3) is 0 Å². The van der Waals surface area contributed by atoms with Crippen LogP contribution in [0.25, 0.3) is 10.9 Å². The normalized spacial score (nSPS) is 20.1. The Bertz CT molecular complexity index is 981. The van der Waals surface area contributed by atoms with Gasteiger partial charge in [0, 0.05) is 37.9 Å². The first-order valence-electron chi connectivity index (χ1n) is 9.37. The molecule has 1 aliphatic heterocycles. The van der Waals surface area contributed by atoms with Crippen molar-refractivity contribution in [2.24, 2.45) is 0 Å². The van der Waals surface area contributed by atoms with Crippen LogP contribution >= 0.6 is 0 Å². The molecule has 1 N–H and O–H groups in total. The molecule has 1 atom stereocenters. The van der Waals surface area contributed by atoms with Gasteiger partial charge < -0.3 is 19.5 Å². The fourth-order valence-corrected chi connectivity index (χ4v) is 3.96. The fourth-order valence-electron chi connectivity index (χ4n) is 3.96. The van der Waals surface area contributed by atoms with E-state index in [1.165, 1.54) is 20.1 Å². The van der Waals surface area contributed by atoms with Crippen molar-refractivity contribution < 1.29 is 13.9 Å². The number of ether oxygens (including phenoxy) is 1. The summed E-state index contributed by atoms with van der Waals surface area (Å²) < 4.78 is 22.8. The van der Waals surface area contributed by atoms with Gasteiger partial charge in [-0.2, -0.15) is 0 Å². The van der Waals surface area contributed by atoms with E-state index in [2.05, 4.69) is 12.2 Å². The number of piperazine rings is 1. The highest BCUT2D eigenvalue weighted by molar-refractivity contribution is 5.99. The Kier molecular flexibility index (Phi) is 4.42. The molecule has 0 spiro atoms. The average molecular weight is 373 g/mol. The number of methoxy groups -OCH3 is 1. The number of aromatic nitrogens is 1. The first-order valence-corrected chi connectivity index (χ1v) is 9.37. The molecule has 1 unspecified atom stereocenters. The lowest BCUT2D eigenvalue weighted by Crippen LogP contribution is -2.49. The zero-order valence-electron chi connectivity index (χ0n) is 15.8. The van der Waals surface area contributed by atoms with Crippen molar-refractivity contribution in [1.29, 1.82) is 0 Å². The van der Waals surface area contributed by atoms with E-state index in [4.69, 9.17) is 4.74 Å². The lowest BCUT2D eigenvalue weighted by molar-refractivity contribution is 0.101. The van der Waals surface area contributed by atoms with Crippen LogP contribution in [0.5, 0.6) is 5.75 Å². The van der Waals surface area contributed by atoms with Crippen molar-refractivity contribution in [3.63, 3.8) is 0 Å². The summed E-state index contributed by atoms with van der Waals surface area (Å²) >= 11 is 0. The van der Waals surface area contributed by atoms with Gasteiger partial charge in [-0.05, 0) is 32.8 Å². The Morgan fingerprint density at radius 1 is 1.37 bits per heavy atom. The van der Waals surface area contributed by atoms with E-state index >= 15 is 4.39 Å². The second-order valence-electron chi connectivity index (χ2n) is 7.50. The standard InChI is InChI=1S/C20H24FN3O3/c1-11-9-23(7-6-22-11)18-16(21)8-14-17(20(18)27-3)24(13-4-5-13)10-15(12(2)25)19(14)26/h8,10-11,13,22H,4-7,9H2,1-3H3. The third-order valence-corrected chi connectivity index (χ3v) is 5.41. The van der Waals surface area contributed by atoms with Crippen LogP contribution in [0.3, 0.4) is 0 Å². The molecule has 7 heteroatoms. The second-order valence-corrected chi connectivity index (χ2v) is 7.50. The molecule has 144 valence electrons. The molecule has 2 fully saturated rings. The number of ketones is 1. The number of carbonyl (C=O) groups excluding carboxylic acids is 1. The third-order valence-electron chi connectivity index (χ3n) is 5.41. The Morgan fingerprint density at radius 3 is 2.70 bits per heavy atom. The van der Waals surface area contributed by atoms with Gasteiger partial charge in [0.15, 0.2) is 22.8 Å². The maximum atomic E-state index is 15.2. The van der Waals surface area contributed by atoms with Gasteiger partial charge in [0.05, 0.1) is 23.6 Å². The van der Waals surface area contributed by atoms with Gasteiger partial charge in [0.2, 0.25) is 0 Å². The van der Waals surface area contributed by atoms with E-state index in [0.29, 0.717) is 30.0 Å². The Balaban J connectivity index is 2.03. The summed E-state index contributed by atoms with van der Waals surface area (Å²) in [7, 11) is 1.50. The molecule has 0 radical (unpaired) electrons. The van der Waals surface area contributed by atoms with Crippen LogP contribution in [0, 0.1) is 5.82 Å². The predicted octanol–water partition coefficient (Wildman–Crippen LogP) is 2.48. The van der Waals surface area contributed by atoms with Crippen LogP contribution in [0.1, 0.15) is 43.1 Å². The summed E-state index contributed by atoms with van der Waals surface area (Å²) in [6, 6.07) is 1.71. The van der Waals surface area contributed by atoms with E-state index in [9.17, 15) is 9.59 Å². The Hall–Kier alpha value is -2.41. The molecule has 1 saturated heterocycles. The molecule has 1 aliphatic carbocycles. The number of pyridine rings is 1. The smallest absolute Gasteiger partial charge is 0.200 e. The van der Waals surface area contributed by atoms with Crippen LogP contribution in [-0.2, 0) is 0 Å². The number of carbonyl (C=O) groups is 1. The third kappa shape index (κ3) is 3.00. The summed E-state index contributed by atoms with van der Waals surface area (Å²) in [5.41, 5.74) is 0.631. The summed E-state index contributed by atoms with van der Waals surface area (Å²) in [6.45, 7) is 5.47. The lowest BCUT2D eigenvalue weighted by atomic mass is 10.1. The molecule has 6 nitrogen and oxygen atoms in total. The molecule has 2 aromatic rings. The Labute approximate surface area is 156 Å². The first-order chi connectivity index (χ1) is 12.9. The van der Waals surface area contributed by atoms with Crippen molar-refractivity contribution in [2.75, 3.05) is 31.6 Å². The largest absolute Gasteiger partial charge is 0.492 e. The molecular weight excluding hydrogens is 349 g/mol. The van der Waals surface area contributed by atoms with Crippen molar-refractivity contribution in [3.8, 4) is 5.75 Å². The van der Waals surface area contributed by atoms with E-state index < -0.39 is 11.2 Å². The van der Waals surface area contributed by atoms with Gasteiger partial charge in [-0.15, -0.1) is 0 Å². The van der Waals surface area contributed by atoms with Crippen LogP contribution < -0.4 is 20.4 Å². The van der Waals surface area contributed by atoms with E-state index in [0.717, 1.165) is 19.4 Å².